The maximum Gasteiger partial charge on any atom is 0.509 e. The van der Waals surface area contributed by atoms with Gasteiger partial charge in [-0.15, -0.1) is 0 Å². The van der Waals surface area contributed by atoms with Crippen LogP contribution in [0.5, 0.6) is 0 Å². The number of aliphatic hydroxyl groups is 1. The minimum absolute atomic E-state index is 0.000515. The number of Topliss-reactive ketones (excluding diaryl/α,β-unsaturated/α-hetero) is 1. The highest BCUT2D eigenvalue weighted by Crippen LogP contribution is 2.67. The molecule has 35 heavy (non-hydrogen) atoms. The van der Waals surface area contributed by atoms with Gasteiger partial charge in [-0.2, -0.15) is 0 Å². The zero-order valence-electron chi connectivity index (χ0n) is 21.0. The molecular formula is C27H36O8. The number of fused-ring (bicyclic) bond motifs is 5. The summed E-state index contributed by atoms with van der Waals surface area (Å²) in [6.07, 6.45) is 6.31. The Kier molecular flexibility index (Phi) is 6.72. The minimum atomic E-state index is -1.56. The lowest BCUT2D eigenvalue weighted by molar-refractivity contribution is -0.185. The molecule has 8 nitrogen and oxygen atoms in total. The first-order valence-corrected chi connectivity index (χ1v) is 12.7. The second-order valence-electron chi connectivity index (χ2n) is 10.8. The number of hydrogen-bond donors (Lipinski definition) is 1. The Morgan fingerprint density at radius 1 is 1.14 bits per heavy atom. The van der Waals surface area contributed by atoms with Crippen LogP contribution in [0.2, 0.25) is 0 Å². The molecule has 192 valence electrons. The van der Waals surface area contributed by atoms with Crippen molar-refractivity contribution in [1.29, 1.82) is 0 Å². The highest BCUT2D eigenvalue weighted by Gasteiger charge is 2.70. The molecule has 0 aromatic carbocycles. The number of ether oxygens (including phenoxy) is 3. The summed E-state index contributed by atoms with van der Waals surface area (Å²) < 4.78 is 16.0. The molecule has 0 aromatic rings. The van der Waals surface area contributed by atoms with Crippen molar-refractivity contribution >= 4 is 23.7 Å². The molecule has 3 fully saturated rings. The van der Waals surface area contributed by atoms with Crippen LogP contribution in [-0.4, -0.2) is 53.7 Å². The normalized spacial score (nSPS) is 39.6. The first kappa shape index (κ1) is 25.6. The largest absolute Gasteiger partial charge is 0.509 e. The van der Waals surface area contributed by atoms with Crippen LogP contribution < -0.4 is 0 Å². The van der Waals surface area contributed by atoms with Gasteiger partial charge in [0.25, 0.3) is 0 Å². The molecule has 0 saturated heterocycles. The van der Waals surface area contributed by atoms with E-state index in [4.69, 9.17) is 14.2 Å². The van der Waals surface area contributed by atoms with Crippen molar-refractivity contribution in [3.8, 4) is 0 Å². The van der Waals surface area contributed by atoms with Crippen LogP contribution in [-0.2, 0) is 28.6 Å². The van der Waals surface area contributed by atoms with Crippen LogP contribution in [0.1, 0.15) is 66.2 Å². The van der Waals surface area contributed by atoms with Crippen LogP contribution in [0.3, 0.4) is 0 Å². The third-order valence-corrected chi connectivity index (χ3v) is 9.24. The van der Waals surface area contributed by atoms with Gasteiger partial charge in [-0.05, 0) is 63.0 Å². The first-order valence-electron chi connectivity index (χ1n) is 12.7. The average molecular weight is 489 g/mol. The number of carbonyl (C=O) groups is 4. The zero-order valence-corrected chi connectivity index (χ0v) is 21.0. The van der Waals surface area contributed by atoms with Gasteiger partial charge < -0.3 is 19.3 Å². The van der Waals surface area contributed by atoms with E-state index in [9.17, 15) is 24.3 Å². The quantitative estimate of drug-likeness (QED) is 0.563. The van der Waals surface area contributed by atoms with Crippen LogP contribution >= 0.6 is 0 Å². The van der Waals surface area contributed by atoms with Gasteiger partial charge in [-0.3, -0.25) is 14.4 Å². The Hall–Kier alpha value is -2.48. The fraction of sp³-hybridized carbons (Fsp3) is 0.704. The fourth-order valence-electron chi connectivity index (χ4n) is 7.65. The summed E-state index contributed by atoms with van der Waals surface area (Å²) in [5.74, 6) is -1.06. The summed E-state index contributed by atoms with van der Waals surface area (Å²) in [4.78, 5) is 50.0. The highest BCUT2D eigenvalue weighted by molar-refractivity contribution is 6.01. The van der Waals surface area contributed by atoms with Gasteiger partial charge in [-0.25, -0.2) is 4.79 Å². The van der Waals surface area contributed by atoms with E-state index in [1.54, 1.807) is 26.0 Å². The monoisotopic (exact) mass is 488 g/mol. The van der Waals surface area contributed by atoms with Crippen molar-refractivity contribution in [2.24, 2.45) is 28.6 Å². The predicted octanol–water partition coefficient (Wildman–Crippen LogP) is 3.70. The van der Waals surface area contributed by atoms with E-state index in [1.807, 2.05) is 13.0 Å². The first-order chi connectivity index (χ1) is 16.5. The standard InChI is InChI=1S/C27H36O8/c1-5-22(31)34-15-21(30)27(35-24(32)33-6-2)12-10-19-18-8-7-16-13-17(28)9-11-25(16,3)23(18)20(29)14-26(19,27)4/h9,11,13,18-20,23,29H,5-8,10,12,14-15H2,1-4H3/t18?,19?,20-,23?,25-,26-,27-/m0/s1. The zero-order chi connectivity index (χ0) is 25.6. The molecule has 8 heteroatoms. The molecule has 7 atom stereocenters. The Labute approximate surface area is 206 Å². The lowest BCUT2D eigenvalue weighted by Crippen LogP contribution is -2.63. The number of carbonyl (C=O) groups excluding carboxylic acids is 4. The molecule has 1 N–H and O–H groups in total. The van der Waals surface area contributed by atoms with Crippen LogP contribution in [0, 0.1) is 28.6 Å². The number of hydrogen-bond acceptors (Lipinski definition) is 8. The third kappa shape index (κ3) is 3.94. The molecule has 0 radical (unpaired) electrons. The van der Waals surface area contributed by atoms with E-state index >= 15 is 0 Å². The van der Waals surface area contributed by atoms with Crippen molar-refractivity contribution in [2.75, 3.05) is 13.2 Å². The van der Waals surface area contributed by atoms with E-state index in [1.165, 1.54) is 0 Å². The van der Waals surface area contributed by atoms with E-state index < -0.39 is 47.0 Å². The number of allylic oxidation sites excluding steroid dienone is 4. The van der Waals surface area contributed by atoms with Crippen molar-refractivity contribution in [3.05, 3.63) is 23.8 Å². The number of ketones is 2. The molecule has 3 unspecified atom stereocenters. The summed E-state index contributed by atoms with van der Waals surface area (Å²) in [5, 5.41) is 11.6. The SMILES string of the molecule is CCOC(=O)O[C@]1(C(=O)COC(=O)CC)CCC2C3CCC4=CC(=O)C=C[C@]4(C)C3[C@@H](O)C[C@@]21C. The number of rotatable bonds is 6. The van der Waals surface area contributed by atoms with E-state index in [0.29, 0.717) is 6.42 Å². The molecule has 3 saturated carbocycles. The minimum Gasteiger partial charge on any atom is -0.457 e. The molecule has 0 amide bonds. The third-order valence-electron chi connectivity index (χ3n) is 9.24. The van der Waals surface area contributed by atoms with Crippen molar-refractivity contribution in [3.63, 3.8) is 0 Å². The van der Waals surface area contributed by atoms with E-state index in [-0.39, 0.29) is 49.4 Å². The van der Waals surface area contributed by atoms with Gasteiger partial charge in [0.15, 0.2) is 18.0 Å². The van der Waals surface area contributed by atoms with Crippen LogP contribution in [0.4, 0.5) is 4.79 Å². The summed E-state index contributed by atoms with van der Waals surface area (Å²) >= 11 is 0. The molecule has 0 heterocycles. The maximum absolute atomic E-state index is 13.6. The molecule has 0 spiro atoms. The lowest BCUT2D eigenvalue weighted by Gasteiger charge is -2.59. The summed E-state index contributed by atoms with van der Waals surface area (Å²) in [6, 6.07) is 0. The summed E-state index contributed by atoms with van der Waals surface area (Å²) in [5.41, 5.74) is -1.81. The molecule has 0 bridgehead atoms. The molecule has 0 aliphatic heterocycles. The Morgan fingerprint density at radius 2 is 1.89 bits per heavy atom. The number of esters is 1. The summed E-state index contributed by atoms with van der Waals surface area (Å²) in [6.45, 7) is 6.90. The molecular weight excluding hydrogens is 452 g/mol. The highest BCUT2D eigenvalue weighted by atomic mass is 16.7. The molecule has 0 aromatic heterocycles. The van der Waals surface area contributed by atoms with E-state index in [0.717, 1.165) is 18.4 Å². The van der Waals surface area contributed by atoms with Gasteiger partial charge >= 0.3 is 12.1 Å². The Balaban J connectivity index is 1.70. The van der Waals surface area contributed by atoms with E-state index in [2.05, 4.69) is 6.92 Å². The predicted molar refractivity (Wildman–Crippen MR) is 125 cm³/mol. The topological polar surface area (TPSA) is 116 Å². The Morgan fingerprint density at radius 3 is 2.57 bits per heavy atom. The summed E-state index contributed by atoms with van der Waals surface area (Å²) in [7, 11) is 0. The van der Waals surface area contributed by atoms with Gasteiger partial charge in [0.2, 0.25) is 5.78 Å². The second kappa shape index (κ2) is 9.19. The van der Waals surface area contributed by atoms with Crippen molar-refractivity contribution in [1.82, 2.24) is 0 Å². The van der Waals surface area contributed by atoms with Crippen molar-refractivity contribution in [2.45, 2.75) is 77.9 Å². The van der Waals surface area contributed by atoms with Gasteiger partial charge in [0, 0.05) is 23.2 Å². The van der Waals surface area contributed by atoms with Gasteiger partial charge in [0.1, 0.15) is 0 Å². The van der Waals surface area contributed by atoms with Gasteiger partial charge in [-0.1, -0.05) is 32.4 Å². The Bertz CT molecular complexity index is 982. The molecule has 4 aliphatic carbocycles. The molecule has 4 aliphatic rings. The van der Waals surface area contributed by atoms with Gasteiger partial charge in [0.05, 0.1) is 12.7 Å². The smallest absolute Gasteiger partial charge is 0.457 e. The van der Waals surface area contributed by atoms with Crippen molar-refractivity contribution < 1.29 is 38.5 Å². The lowest BCUT2D eigenvalue weighted by atomic mass is 9.46. The molecule has 4 rings (SSSR count). The average Bonchev–Trinajstić information content (AvgIpc) is 3.09. The maximum atomic E-state index is 13.6. The fourth-order valence-corrected chi connectivity index (χ4v) is 7.65. The number of aliphatic hydroxyl groups excluding tert-OH is 1. The van der Waals surface area contributed by atoms with Crippen LogP contribution in [0.25, 0.3) is 0 Å². The van der Waals surface area contributed by atoms with Crippen LogP contribution in [0.15, 0.2) is 23.8 Å². The second-order valence-corrected chi connectivity index (χ2v) is 10.8.